The van der Waals surface area contributed by atoms with Crippen LogP contribution in [0.2, 0.25) is 0 Å². The summed E-state index contributed by atoms with van der Waals surface area (Å²) in [7, 11) is 0. The molecule has 0 bridgehead atoms. The van der Waals surface area contributed by atoms with Gasteiger partial charge in [0.15, 0.2) is 0 Å². The highest BCUT2D eigenvalue weighted by Crippen LogP contribution is 2.40. The van der Waals surface area contributed by atoms with Crippen LogP contribution in [-0.4, -0.2) is 70.9 Å². The number of carbonyl (C=O) groups excluding carboxylic acids is 1. The van der Waals surface area contributed by atoms with Gasteiger partial charge in [-0.3, -0.25) is 14.4 Å². The molecule has 3 heterocycles. The predicted octanol–water partition coefficient (Wildman–Crippen LogP) is 2.84. The van der Waals surface area contributed by atoms with Gasteiger partial charge in [-0.1, -0.05) is 0 Å². The Hall–Kier alpha value is -1.40. The minimum Gasteiger partial charge on any atom is -0.377 e. The van der Waals surface area contributed by atoms with Crippen LogP contribution in [0.1, 0.15) is 75.0 Å². The summed E-state index contributed by atoms with van der Waals surface area (Å²) in [6.45, 7) is 11.9. The number of hydrogen-bond donors (Lipinski definition) is 0. The molecule has 6 nitrogen and oxygen atoms in total. The van der Waals surface area contributed by atoms with Crippen LogP contribution in [0.5, 0.6) is 0 Å². The number of aromatic nitrogens is 2. The molecule has 150 valence electrons. The fourth-order valence-corrected chi connectivity index (χ4v) is 4.24. The van der Waals surface area contributed by atoms with Gasteiger partial charge in [0.1, 0.15) is 5.69 Å². The van der Waals surface area contributed by atoms with E-state index in [0.717, 1.165) is 57.1 Å². The number of nitrogens with zero attached hydrogens (tertiary/aromatic N) is 4. The first-order valence-electron chi connectivity index (χ1n) is 10.7. The molecule has 0 unspecified atom stereocenters. The average molecular weight is 375 g/mol. The quantitative estimate of drug-likeness (QED) is 0.813. The van der Waals surface area contributed by atoms with Crippen LogP contribution >= 0.6 is 0 Å². The monoisotopic (exact) mass is 374 g/mol. The molecule has 0 aromatic carbocycles. The van der Waals surface area contributed by atoms with Crippen molar-refractivity contribution in [2.24, 2.45) is 0 Å². The Morgan fingerprint density at radius 1 is 1.15 bits per heavy atom. The maximum absolute atomic E-state index is 13.3. The van der Waals surface area contributed by atoms with Crippen molar-refractivity contribution in [1.29, 1.82) is 0 Å². The predicted molar refractivity (Wildman–Crippen MR) is 105 cm³/mol. The van der Waals surface area contributed by atoms with Crippen molar-refractivity contribution in [3.8, 4) is 0 Å². The molecule has 2 saturated heterocycles. The Bertz CT molecular complexity index is 668. The van der Waals surface area contributed by atoms with Crippen LogP contribution in [0.3, 0.4) is 0 Å². The topological polar surface area (TPSA) is 50.6 Å². The second-order valence-electron chi connectivity index (χ2n) is 9.39. The van der Waals surface area contributed by atoms with Gasteiger partial charge in [0.2, 0.25) is 0 Å². The van der Waals surface area contributed by atoms with E-state index in [2.05, 4.69) is 31.7 Å². The number of ether oxygens (including phenoxy) is 1. The standard InChI is InChI=1S/C21H34N4O2/c1-21(2,3)25-19(14-18(22-25)16-7-8-16)20(26)24-10-5-9-23(11-12-24)15-17-6-4-13-27-17/h14,16-17H,4-13,15H2,1-3H3/t17-/m1/s1. The van der Waals surface area contributed by atoms with Crippen molar-refractivity contribution in [2.45, 2.75) is 70.4 Å². The van der Waals surface area contributed by atoms with Gasteiger partial charge in [0.25, 0.3) is 5.91 Å². The molecule has 6 heteroatoms. The Balaban J connectivity index is 1.44. The lowest BCUT2D eigenvalue weighted by Crippen LogP contribution is -2.39. The highest BCUT2D eigenvalue weighted by atomic mass is 16.5. The smallest absolute Gasteiger partial charge is 0.272 e. The first-order valence-corrected chi connectivity index (χ1v) is 10.7. The van der Waals surface area contributed by atoms with Crippen LogP contribution < -0.4 is 0 Å². The molecule has 0 spiro atoms. The molecular formula is C21H34N4O2. The molecule has 1 aromatic rings. The Morgan fingerprint density at radius 2 is 1.96 bits per heavy atom. The van der Waals surface area contributed by atoms with Crippen molar-refractivity contribution in [1.82, 2.24) is 19.6 Å². The van der Waals surface area contributed by atoms with E-state index in [9.17, 15) is 4.79 Å². The molecule has 4 rings (SSSR count). The average Bonchev–Trinajstić information content (AvgIpc) is 3.23. The molecule has 0 radical (unpaired) electrons. The third kappa shape index (κ3) is 4.37. The first kappa shape index (κ1) is 18.9. The molecule has 27 heavy (non-hydrogen) atoms. The largest absolute Gasteiger partial charge is 0.377 e. The number of hydrogen-bond acceptors (Lipinski definition) is 4. The molecule has 2 aliphatic heterocycles. The highest BCUT2D eigenvalue weighted by molar-refractivity contribution is 5.93. The summed E-state index contributed by atoms with van der Waals surface area (Å²) in [6, 6.07) is 2.06. The zero-order chi connectivity index (χ0) is 19.0. The van der Waals surface area contributed by atoms with E-state index in [1.54, 1.807) is 0 Å². The van der Waals surface area contributed by atoms with E-state index in [-0.39, 0.29) is 11.4 Å². The van der Waals surface area contributed by atoms with E-state index >= 15 is 0 Å². The SMILES string of the molecule is CC(C)(C)n1nc(C2CC2)cc1C(=O)N1CCCN(C[C@H]2CCCO2)CC1. The summed E-state index contributed by atoms with van der Waals surface area (Å²) < 4.78 is 7.75. The number of carbonyl (C=O) groups is 1. The molecule has 0 N–H and O–H groups in total. The summed E-state index contributed by atoms with van der Waals surface area (Å²) in [6.07, 6.45) is 6.18. The van der Waals surface area contributed by atoms with E-state index in [0.29, 0.717) is 12.0 Å². The molecule has 1 aliphatic carbocycles. The zero-order valence-corrected chi connectivity index (χ0v) is 17.1. The van der Waals surface area contributed by atoms with Gasteiger partial charge in [-0.15, -0.1) is 0 Å². The van der Waals surface area contributed by atoms with Gasteiger partial charge in [-0.2, -0.15) is 5.10 Å². The van der Waals surface area contributed by atoms with Crippen LogP contribution in [0.4, 0.5) is 0 Å². The van der Waals surface area contributed by atoms with Crippen molar-refractivity contribution in [2.75, 3.05) is 39.3 Å². The zero-order valence-electron chi connectivity index (χ0n) is 17.1. The maximum atomic E-state index is 13.3. The van der Waals surface area contributed by atoms with Crippen molar-refractivity contribution >= 4 is 5.91 Å². The summed E-state index contributed by atoms with van der Waals surface area (Å²) in [5, 5.41) is 4.81. The molecule has 1 amide bonds. The number of amides is 1. The highest BCUT2D eigenvalue weighted by Gasteiger charge is 2.33. The summed E-state index contributed by atoms with van der Waals surface area (Å²) >= 11 is 0. The van der Waals surface area contributed by atoms with Crippen LogP contribution in [-0.2, 0) is 10.3 Å². The summed E-state index contributed by atoms with van der Waals surface area (Å²) in [5.74, 6) is 0.703. The normalized spacial score (nSPS) is 25.0. The lowest BCUT2D eigenvalue weighted by atomic mass is 10.1. The van der Waals surface area contributed by atoms with Crippen molar-refractivity contribution in [3.05, 3.63) is 17.5 Å². The van der Waals surface area contributed by atoms with Crippen LogP contribution in [0, 0.1) is 0 Å². The lowest BCUT2D eigenvalue weighted by molar-refractivity contribution is 0.0694. The van der Waals surface area contributed by atoms with Gasteiger partial charge >= 0.3 is 0 Å². The lowest BCUT2D eigenvalue weighted by Gasteiger charge is -2.26. The van der Waals surface area contributed by atoms with Gasteiger partial charge < -0.3 is 9.64 Å². The molecule has 1 aromatic heterocycles. The minimum absolute atomic E-state index is 0.142. The van der Waals surface area contributed by atoms with Gasteiger partial charge in [0.05, 0.1) is 17.3 Å². The summed E-state index contributed by atoms with van der Waals surface area (Å²) in [5.41, 5.74) is 1.68. The Morgan fingerprint density at radius 3 is 2.63 bits per heavy atom. The van der Waals surface area contributed by atoms with Crippen LogP contribution in [0.25, 0.3) is 0 Å². The molecule has 3 fully saturated rings. The third-order valence-electron chi connectivity index (χ3n) is 5.94. The van der Waals surface area contributed by atoms with Gasteiger partial charge in [0, 0.05) is 38.7 Å². The fraction of sp³-hybridized carbons (Fsp3) is 0.810. The van der Waals surface area contributed by atoms with E-state index in [4.69, 9.17) is 9.84 Å². The molecule has 1 saturated carbocycles. The second kappa shape index (κ2) is 7.55. The minimum atomic E-state index is -0.185. The first-order chi connectivity index (χ1) is 12.9. The van der Waals surface area contributed by atoms with Crippen LogP contribution in [0.15, 0.2) is 6.07 Å². The van der Waals surface area contributed by atoms with Crippen molar-refractivity contribution in [3.63, 3.8) is 0 Å². The Labute approximate surface area is 162 Å². The van der Waals surface area contributed by atoms with E-state index in [1.165, 1.54) is 25.7 Å². The Kier molecular flexibility index (Phi) is 5.30. The van der Waals surface area contributed by atoms with E-state index in [1.807, 2.05) is 9.58 Å². The van der Waals surface area contributed by atoms with Gasteiger partial charge in [-0.25, -0.2) is 0 Å². The van der Waals surface area contributed by atoms with Crippen molar-refractivity contribution < 1.29 is 9.53 Å². The number of rotatable bonds is 4. The molecule has 1 atom stereocenters. The van der Waals surface area contributed by atoms with Gasteiger partial charge in [-0.05, 0) is 65.5 Å². The third-order valence-corrected chi connectivity index (χ3v) is 5.94. The fourth-order valence-electron chi connectivity index (χ4n) is 4.24. The second-order valence-corrected chi connectivity index (χ2v) is 9.39. The molecule has 3 aliphatic rings. The van der Waals surface area contributed by atoms with E-state index < -0.39 is 0 Å². The maximum Gasteiger partial charge on any atom is 0.272 e. The summed E-state index contributed by atoms with van der Waals surface area (Å²) in [4.78, 5) is 17.9. The molecular weight excluding hydrogens is 340 g/mol.